The van der Waals surface area contributed by atoms with E-state index < -0.39 is 5.60 Å². The van der Waals surface area contributed by atoms with Crippen molar-refractivity contribution in [1.82, 2.24) is 10.2 Å². The number of hydrogen-bond acceptors (Lipinski definition) is 3. The van der Waals surface area contributed by atoms with Crippen LogP contribution in [-0.4, -0.2) is 41.6 Å². The number of amides is 2. The fourth-order valence-corrected chi connectivity index (χ4v) is 6.48. The van der Waals surface area contributed by atoms with Crippen molar-refractivity contribution >= 4 is 12.0 Å². The van der Waals surface area contributed by atoms with E-state index in [1.807, 2.05) is 20.8 Å². The first-order chi connectivity index (χ1) is 12.2. The van der Waals surface area contributed by atoms with E-state index in [0.717, 1.165) is 37.1 Å². The van der Waals surface area contributed by atoms with Gasteiger partial charge in [-0.2, -0.15) is 0 Å². The molecule has 4 saturated carbocycles. The molecule has 1 atom stereocenters. The van der Waals surface area contributed by atoms with Crippen molar-refractivity contribution in [2.24, 2.45) is 23.2 Å². The van der Waals surface area contributed by atoms with Crippen LogP contribution in [0.25, 0.3) is 0 Å². The first kappa shape index (κ1) is 18.1. The standard InChI is InChI=1S/C21H34N2O3/c1-20(2,3)26-19(25)23-6-4-5-17(23)18(24)22-13-21-10-14-7-15(11-21)9-16(8-14)12-21/h14-17H,4-13H2,1-3H3,(H,22,24)/t14?,15?,16?,17-,21?/m0/s1. The van der Waals surface area contributed by atoms with Crippen molar-refractivity contribution in [1.29, 1.82) is 0 Å². The Labute approximate surface area is 157 Å². The Kier molecular flexibility index (Phi) is 4.47. The van der Waals surface area contributed by atoms with Crippen LogP contribution in [0.4, 0.5) is 4.79 Å². The summed E-state index contributed by atoms with van der Waals surface area (Å²) in [7, 11) is 0. The van der Waals surface area contributed by atoms with E-state index in [1.165, 1.54) is 38.5 Å². The van der Waals surface area contributed by atoms with Gasteiger partial charge in [-0.05, 0) is 95.3 Å². The first-order valence-electron chi connectivity index (χ1n) is 10.5. The molecule has 0 aromatic heterocycles. The molecule has 146 valence electrons. The summed E-state index contributed by atoms with van der Waals surface area (Å²) in [6.45, 7) is 7.01. The summed E-state index contributed by atoms with van der Waals surface area (Å²) in [5.74, 6) is 2.69. The maximum absolute atomic E-state index is 12.9. The fourth-order valence-electron chi connectivity index (χ4n) is 6.48. The molecule has 4 aliphatic carbocycles. The summed E-state index contributed by atoms with van der Waals surface area (Å²) in [6.07, 6.45) is 9.39. The van der Waals surface area contributed by atoms with Crippen molar-refractivity contribution in [3.05, 3.63) is 0 Å². The molecule has 4 bridgehead atoms. The summed E-state index contributed by atoms with van der Waals surface area (Å²) in [5.41, 5.74) is -0.195. The maximum atomic E-state index is 12.9. The Morgan fingerprint density at radius 2 is 1.65 bits per heavy atom. The third-order valence-electron chi connectivity index (χ3n) is 6.99. The minimum absolute atomic E-state index is 0.0177. The lowest BCUT2D eigenvalue weighted by Gasteiger charge is -2.57. The third-order valence-corrected chi connectivity index (χ3v) is 6.99. The van der Waals surface area contributed by atoms with Crippen LogP contribution in [0, 0.1) is 23.2 Å². The predicted molar refractivity (Wildman–Crippen MR) is 99.6 cm³/mol. The van der Waals surface area contributed by atoms with E-state index in [4.69, 9.17) is 4.74 Å². The van der Waals surface area contributed by atoms with Gasteiger partial charge in [-0.1, -0.05) is 0 Å². The van der Waals surface area contributed by atoms with Crippen molar-refractivity contribution in [3.8, 4) is 0 Å². The minimum Gasteiger partial charge on any atom is -0.444 e. The molecular formula is C21H34N2O3. The van der Waals surface area contributed by atoms with Gasteiger partial charge in [0, 0.05) is 13.1 Å². The molecular weight excluding hydrogens is 328 g/mol. The summed E-state index contributed by atoms with van der Waals surface area (Å²) >= 11 is 0. The number of ether oxygens (including phenoxy) is 1. The highest BCUT2D eigenvalue weighted by atomic mass is 16.6. The molecule has 5 rings (SSSR count). The number of hydrogen-bond donors (Lipinski definition) is 1. The molecule has 1 heterocycles. The summed E-state index contributed by atoms with van der Waals surface area (Å²) < 4.78 is 5.49. The smallest absolute Gasteiger partial charge is 0.410 e. The highest BCUT2D eigenvalue weighted by molar-refractivity contribution is 5.86. The van der Waals surface area contributed by atoms with Crippen LogP contribution >= 0.6 is 0 Å². The van der Waals surface area contributed by atoms with Crippen molar-refractivity contribution < 1.29 is 14.3 Å². The van der Waals surface area contributed by atoms with Crippen molar-refractivity contribution in [3.63, 3.8) is 0 Å². The fraction of sp³-hybridized carbons (Fsp3) is 0.905. The van der Waals surface area contributed by atoms with Gasteiger partial charge in [-0.25, -0.2) is 4.79 Å². The first-order valence-corrected chi connectivity index (χ1v) is 10.5. The molecule has 5 heteroatoms. The van der Waals surface area contributed by atoms with E-state index in [9.17, 15) is 9.59 Å². The number of nitrogens with one attached hydrogen (secondary N) is 1. The van der Waals surface area contributed by atoms with Gasteiger partial charge < -0.3 is 10.1 Å². The van der Waals surface area contributed by atoms with Crippen molar-refractivity contribution in [2.45, 2.75) is 83.8 Å². The van der Waals surface area contributed by atoms with E-state index in [0.29, 0.717) is 12.0 Å². The lowest BCUT2D eigenvalue weighted by molar-refractivity contribution is -0.127. The molecule has 5 nitrogen and oxygen atoms in total. The molecule has 5 aliphatic rings. The Morgan fingerprint density at radius 3 is 2.19 bits per heavy atom. The lowest BCUT2D eigenvalue weighted by Crippen LogP contribution is -2.54. The van der Waals surface area contributed by atoms with Gasteiger partial charge in [0.1, 0.15) is 11.6 Å². The molecule has 5 fully saturated rings. The SMILES string of the molecule is CC(C)(C)OC(=O)N1CCC[C@H]1C(=O)NCC12CC3CC(CC(C3)C1)C2. The van der Waals surface area contributed by atoms with Gasteiger partial charge in [-0.15, -0.1) is 0 Å². The summed E-state index contributed by atoms with van der Waals surface area (Å²) in [5, 5.41) is 3.24. The molecule has 1 aliphatic heterocycles. The summed E-state index contributed by atoms with van der Waals surface area (Å²) in [4.78, 5) is 26.9. The predicted octanol–water partition coefficient (Wildman–Crippen LogP) is 3.72. The Hall–Kier alpha value is -1.26. The monoisotopic (exact) mass is 362 g/mol. The van der Waals surface area contributed by atoms with Crippen LogP contribution < -0.4 is 5.32 Å². The second-order valence-corrected chi connectivity index (χ2v) is 10.5. The Balaban J connectivity index is 1.35. The average Bonchev–Trinajstić information content (AvgIpc) is 2.99. The van der Waals surface area contributed by atoms with Gasteiger partial charge in [0.25, 0.3) is 0 Å². The molecule has 0 aromatic rings. The number of rotatable bonds is 3. The van der Waals surface area contributed by atoms with Gasteiger partial charge in [0.2, 0.25) is 5.91 Å². The molecule has 0 unspecified atom stereocenters. The lowest BCUT2D eigenvalue weighted by atomic mass is 9.49. The van der Waals surface area contributed by atoms with Crippen molar-refractivity contribution in [2.75, 3.05) is 13.1 Å². The third kappa shape index (κ3) is 3.59. The number of carbonyl (C=O) groups is 2. The molecule has 0 radical (unpaired) electrons. The van der Waals surface area contributed by atoms with Crippen LogP contribution in [0.2, 0.25) is 0 Å². The zero-order chi connectivity index (χ0) is 18.5. The van der Waals surface area contributed by atoms with E-state index in [1.54, 1.807) is 4.90 Å². The van der Waals surface area contributed by atoms with Gasteiger partial charge in [0.15, 0.2) is 0 Å². The van der Waals surface area contributed by atoms with Crippen LogP contribution in [0.15, 0.2) is 0 Å². The Bertz CT molecular complexity index is 545. The highest BCUT2D eigenvalue weighted by Crippen LogP contribution is 2.59. The minimum atomic E-state index is -0.528. The second kappa shape index (κ2) is 6.42. The Morgan fingerprint density at radius 1 is 1.08 bits per heavy atom. The van der Waals surface area contributed by atoms with E-state index in [2.05, 4.69) is 5.32 Å². The number of nitrogens with zero attached hydrogens (tertiary/aromatic N) is 1. The van der Waals surface area contributed by atoms with Crippen LogP contribution in [0.5, 0.6) is 0 Å². The highest BCUT2D eigenvalue weighted by Gasteiger charge is 2.51. The van der Waals surface area contributed by atoms with E-state index >= 15 is 0 Å². The molecule has 26 heavy (non-hydrogen) atoms. The normalized spacial score (nSPS) is 38.5. The van der Waals surface area contributed by atoms with Crippen LogP contribution in [0.1, 0.15) is 72.1 Å². The molecule has 1 N–H and O–H groups in total. The van der Waals surface area contributed by atoms with Gasteiger partial charge in [0.05, 0.1) is 0 Å². The quantitative estimate of drug-likeness (QED) is 0.832. The molecule has 1 saturated heterocycles. The second-order valence-electron chi connectivity index (χ2n) is 10.5. The number of likely N-dealkylation sites (tertiary alicyclic amines) is 1. The van der Waals surface area contributed by atoms with Crippen LogP contribution in [0.3, 0.4) is 0 Å². The van der Waals surface area contributed by atoms with Gasteiger partial charge in [-0.3, -0.25) is 9.69 Å². The van der Waals surface area contributed by atoms with E-state index in [-0.39, 0.29) is 18.0 Å². The number of carbonyl (C=O) groups excluding carboxylic acids is 2. The largest absolute Gasteiger partial charge is 0.444 e. The average molecular weight is 363 g/mol. The topological polar surface area (TPSA) is 58.6 Å². The molecule has 0 spiro atoms. The maximum Gasteiger partial charge on any atom is 0.410 e. The van der Waals surface area contributed by atoms with Crippen LogP contribution in [-0.2, 0) is 9.53 Å². The zero-order valence-corrected chi connectivity index (χ0v) is 16.6. The molecule has 2 amide bonds. The zero-order valence-electron chi connectivity index (χ0n) is 16.6. The van der Waals surface area contributed by atoms with Gasteiger partial charge >= 0.3 is 6.09 Å². The summed E-state index contributed by atoms with van der Waals surface area (Å²) in [6, 6.07) is -0.362. The molecule has 0 aromatic carbocycles.